The number of thiazole rings is 1. The van der Waals surface area contributed by atoms with E-state index in [1.165, 1.54) is 4.88 Å². The summed E-state index contributed by atoms with van der Waals surface area (Å²) in [6.07, 6.45) is 1.81. The molecule has 2 unspecified atom stereocenters. The van der Waals surface area contributed by atoms with Crippen LogP contribution in [0.25, 0.3) is 0 Å². The number of hydrogen-bond donors (Lipinski definition) is 0. The number of ether oxygens (including phenoxy) is 1. The Kier molecular flexibility index (Phi) is 4.17. The Balaban J connectivity index is 1.76. The van der Waals surface area contributed by atoms with Crippen LogP contribution in [0.1, 0.15) is 36.8 Å². The molecule has 1 saturated heterocycles. The number of anilines is 1. The molecule has 1 aliphatic carbocycles. The summed E-state index contributed by atoms with van der Waals surface area (Å²) in [6.45, 7) is 7.62. The van der Waals surface area contributed by atoms with Crippen molar-refractivity contribution >= 4 is 22.4 Å². The number of rotatable bonds is 3. The summed E-state index contributed by atoms with van der Waals surface area (Å²) >= 11 is 1.76. The summed E-state index contributed by atoms with van der Waals surface area (Å²) in [5.41, 5.74) is 0.972. The van der Waals surface area contributed by atoms with E-state index in [0.717, 1.165) is 43.3 Å². The van der Waals surface area contributed by atoms with E-state index in [1.807, 2.05) is 6.92 Å². The molecule has 0 spiro atoms. The van der Waals surface area contributed by atoms with Crippen molar-refractivity contribution in [2.24, 2.45) is 0 Å². The molecule has 1 aromatic rings. The maximum absolute atomic E-state index is 12.0. The predicted molar refractivity (Wildman–Crippen MR) is 84.1 cm³/mol. The number of aromatic nitrogens is 1. The fraction of sp³-hybridized carbons (Fsp3) is 0.733. The summed E-state index contributed by atoms with van der Waals surface area (Å²) in [7, 11) is 2.17. The molecule has 1 aliphatic heterocycles. The van der Waals surface area contributed by atoms with Crippen LogP contribution in [0.3, 0.4) is 0 Å². The lowest BCUT2D eigenvalue weighted by Crippen LogP contribution is -2.50. The minimum atomic E-state index is -0.144. The average molecular weight is 309 g/mol. The standard InChI is InChI=1S/C15H23N3O2S/c1-4-20-14(19)11-5-6-12-13(11)16-15(21-12)18-8-7-17(3)10(2)9-18/h10-11H,4-9H2,1-3H3. The lowest BCUT2D eigenvalue weighted by atomic mass is 10.1. The van der Waals surface area contributed by atoms with Crippen LogP contribution < -0.4 is 4.90 Å². The summed E-state index contributed by atoms with van der Waals surface area (Å²) in [4.78, 5) is 22.8. The first-order valence-electron chi connectivity index (χ1n) is 7.71. The van der Waals surface area contributed by atoms with E-state index in [9.17, 15) is 4.79 Å². The van der Waals surface area contributed by atoms with Crippen LogP contribution in [0.5, 0.6) is 0 Å². The Morgan fingerprint density at radius 3 is 3.00 bits per heavy atom. The van der Waals surface area contributed by atoms with Crippen LogP contribution >= 0.6 is 11.3 Å². The third-order valence-corrected chi connectivity index (χ3v) is 5.70. The summed E-state index contributed by atoms with van der Waals surface area (Å²) in [5.74, 6) is -0.255. The van der Waals surface area contributed by atoms with Crippen molar-refractivity contribution in [3.63, 3.8) is 0 Å². The number of likely N-dealkylation sites (N-methyl/N-ethyl adjacent to an activating group) is 1. The SMILES string of the molecule is CCOC(=O)C1CCc2sc(N3CCN(C)C(C)C3)nc21. The number of hydrogen-bond acceptors (Lipinski definition) is 6. The number of esters is 1. The molecule has 0 N–H and O–H groups in total. The van der Waals surface area contributed by atoms with Crippen molar-refractivity contribution < 1.29 is 9.53 Å². The highest BCUT2D eigenvalue weighted by molar-refractivity contribution is 7.15. The van der Waals surface area contributed by atoms with Gasteiger partial charge in [0.15, 0.2) is 5.13 Å². The molecule has 2 heterocycles. The number of carbonyl (C=O) groups is 1. The topological polar surface area (TPSA) is 45.7 Å². The second kappa shape index (κ2) is 5.93. The first kappa shape index (κ1) is 14.8. The number of fused-ring (bicyclic) bond motifs is 1. The molecule has 21 heavy (non-hydrogen) atoms. The predicted octanol–water partition coefficient (Wildman–Crippen LogP) is 1.88. The van der Waals surface area contributed by atoms with Gasteiger partial charge >= 0.3 is 5.97 Å². The van der Waals surface area contributed by atoms with Gasteiger partial charge in [-0.2, -0.15) is 0 Å². The van der Waals surface area contributed by atoms with Gasteiger partial charge in [-0.1, -0.05) is 0 Å². The van der Waals surface area contributed by atoms with E-state index >= 15 is 0 Å². The molecule has 1 aromatic heterocycles. The minimum absolute atomic E-state index is 0.111. The van der Waals surface area contributed by atoms with Gasteiger partial charge in [0.25, 0.3) is 0 Å². The Morgan fingerprint density at radius 1 is 1.48 bits per heavy atom. The molecule has 116 valence electrons. The molecule has 1 fully saturated rings. The quantitative estimate of drug-likeness (QED) is 0.798. The lowest BCUT2D eigenvalue weighted by Gasteiger charge is -2.37. The van der Waals surface area contributed by atoms with Gasteiger partial charge < -0.3 is 14.5 Å². The second-order valence-electron chi connectivity index (χ2n) is 5.92. The summed E-state index contributed by atoms with van der Waals surface area (Å²) in [5, 5.41) is 1.08. The zero-order chi connectivity index (χ0) is 15.0. The highest BCUT2D eigenvalue weighted by Gasteiger charge is 2.35. The van der Waals surface area contributed by atoms with E-state index < -0.39 is 0 Å². The zero-order valence-corrected chi connectivity index (χ0v) is 13.8. The van der Waals surface area contributed by atoms with Crippen LogP contribution in [0.15, 0.2) is 0 Å². The number of piperazine rings is 1. The molecule has 5 nitrogen and oxygen atoms in total. The van der Waals surface area contributed by atoms with Crippen LogP contribution in [0, 0.1) is 0 Å². The number of nitrogens with zero attached hydrogens (tertiary/aromatic N) is 3. The monoisotopic (exact) mass is 309 g/mol. The lowest BCUT2D eigenvalue weighted by molar-refractivity contribution is -0.145. The summed E-state index contributed by atoms with van der Waals surface area (Å²) < 4.78 is 5.17. The van der Waals surface area contributed by atoms with Gasteiger partial charge in [-0.15, -0.1) is 11.3 Å². The van der Waals surface area contributed by atoms with Crippen molar-refractivity contribution in [2.45, 2.75) is 38.6 Å². The van der Waals surface area contributed by atoms with Gasteiger partial charge in [0.1, 0.15) is 5.92 Å². The van der Waals surface area contributed by atoms with Crippen LogP contribution in [-0.4, -0.2) is 55.2 Å². The molecular formula is C15H23N3O2S. The maximum atomic E-state index is 12.0. The highest BCUT2D eigenvalue weighted by atomic mass is 32.1. The minimum Gasteiger partial charge on any atom is -0.465 e. The maximum Gasteiger partial charge on any atom is 0.315 e. The van der Waals surface area contributed by atoms with Crippen molar-refractivity contribution in [1.29, 1.82) is 0 Å². The van der Waals surface area contributed by atoms with Gasteiger partial charge in [-0.25, -0.2) is 4.98 Å². The largest absolute Gasteiger partial charge is 0.465 e. The fourth-order valence-electron chi connectivity index (χ4n) is 3.04. The van der Waals surface area contributed by atoms with Gasteiger partial charge in [-0.3, -0.25) is 4.79 Å². The van der Waals surface area contributed by atoms with E-state index in [0.29, 0.717) is 12.6 Å². The first-order chi connectivity index (χ1) is 10.1. The smallest absolute Gasteiger partial charge is 0.315 e. The Labute approximate surface area is 129 Å². The van der Waals surface area contributed by atoms with E-state index in [4.69, 9.17) is 9.72 Å². The van der Waals surface area contributed by atoms with Gasteiger partial charge in [0.2, 0.25) is 0 Å². The van der Waals surface area contributed by atoms with E-state index in [-0.39, 0.29) is 11.9 Å². The van der Waals surface area contributed by atoms with E-state index in [1.54, 1.807) is 11.3 Å². The van der Waals surface area contributed by atoms with Crippen molar-refractivity contribution in [1.82, 2.24) is 9.88 Å². The molecule has 0 aromatic carbocycles. The molecule has 6 heteroatoms. The third-order valence-electron chi connectivity index (χ3n) is 4.51. The number of carbonyl (C=O) groups excluding carboxylic acids is 1. The molecular weight excluding hydrogens is 286 g/mol. The fourth-order valence-corrected chi connectivity index (χ4v) is 4.22. The van der Waals surface area contributed by atoms with Crippen LogP contribution in [0.4, 0.5) is 5.13 Å². The van der Waals surface area contributed by atoms with Gasteiger partial charge in [0, 0.05) is 30.6 Å². The van der Waals surface area contributed by atoms with Crippen LogP contribution in [-0.2, 0) is 16.0 Å². The Bertz CT molecular complexity index is 531. The average Bonchev–Trinajstić information content (AvgIpc) is 3.01. The molecule has 3 rings (SSSR count). The summed E-state index contributed by atoms with van der Waals surface area (Å²) in [6, 6.07) is 0.540. The number of aryl methyl sites for hydroxylation is 1. The first-order valence-corrected chi connectivity index (χ1v) is 8.53. The molecule has 2 atom stereocenters. The highest BCUT2D eigenvalue weighted by Crippen LogP contribution is 2.40. The van der Waals surface area contributed by atoms with Crippen molar-refractivity contribution in [3.05, 3.63) is 10.6 Å². The third kappa shape index (κ3) is 2.79. The second-order valence-corrected chi connectivity index (χ2v) is 6.99. The molecule has 0 radical (unpaired) electrons. The molecule has 2 aliphatic rings. The Hall–Kier alpha value is -1.14. The van der Waals surface area contributed by atoms with Crippen molar-refractivity contribution in [3.8, 4) is 0 Å². The van der Waals surface area contributed by atoms with Gasteiger partial charge in [-0.05, 0) is 33.7 Å². The zero-order valence-electron chi connectivity index (χ0n) is 13.0. The van der Waals surface area contributed by atoms with Crippen LogP contribution in [0.2, 0.25) is 0 Å². The van der Waals surface area contributed by atoms with E-state index in [2.05, 4.69) is 23.8 Å². The molecule has 0 bridgehead atoms. The normalized spacial score (nSPS) is 26.0. The van der Waals surface area contributed by atoms with Crippen molar-refractivity contribution in [2.75, 3.05) is 38.2 Å². The Morgan fingerprint density at radius 2 is 2.29 bits per heavy atom. The van der Waals surface area contributed by atoms with Gasteiger partial charge in [0.05, 0.1) is 12.3 Å². The molecule has 0 amide bonds. The molecule has 0 saturated carbocycles.